The van der Waals surface area contributed by atoms with Crippen molar-refractivity contribution in [2.75, 3.05) is 23.7 Å². The van der Waals surface area contributed by atoms with Crippen LogP contribution in [0, 0.1) is 5.82 Å². The van der Waals surface area contributed by atoms with Crippen LogP contribution in [-0.4, -0.2) is 24.9 Å². The first-order valence-corrected chi connectivity index (χ1v) is 8.49. The number of carbonyl (C=O) groups is 2. The highest BCUT2D eigenvalue weighted by Gasteiger charge is 2.34. The molecule has 0 fully saturated rings. The van der Waals surface area contributed by atoms with E-state index in [4.69, 9.17) is 0 Å². The molecule has 0 aliphatic heterocycles. The smallest absolute Gasteiger partial charge is 0.376 e. The molecule has 9 heteroatoms. The lowest BCUT2D eigenvalue weighted by atomic mass is 10.1. The third-order valence-corrected chi connectivity index (χ3v) is 3.70. The number of nitrogens with one attached hydrogen (secondary N) is 3. The van der Waals surface area contributed by atoms with Gasteiger partial charge in [-0.05, 0) is 48.9 Å². The molecule has 0 bridgehead atoms. The van der Waals surface area contributed by atoms with E-state index in [0.717, 1.165) is 24.3 Å². The quantitative estimate of drug-likeness (QED) is 0.618. The maximum absolute atomic E-state index is 13.4. The van der Waals surface area contributed by atoms with Gasteiger partial charge in [-0.15, -0.1) is 0 Å². The molecule has 150 valence electrons. The van der Waals surface area contributed by atoms with Crippen LogP contribution >= 0.6 is 0 Å². The van der Waals surface area contributed by atoms with Crippen molar-refractivity contribution in [3.05, 3.63) is 59.4 Å². The summed E-state index contributed by atoms with van der Waals surface area (Å²) in [5.74, 6) is -1.63. The van der Waals surface area contributed by atoms with E-state index in [9.17, 15) is 27.2 Å². The van der Waals surface area contributed by atoms with Crippen LogP contribution in [0.1, 0.15) is 29.3 Å². The Balaban J connectivity index is 2.16. The lowest BCUT2D eigenvalue weighted by Crippen LogP contribution is -2.30. The summed E-state index contributed by atoms with van der Waals surface area (Å²) < 4.78 is 53.0. The van der Waals surface area contributed by atoms with E-state index in [0.29, 0.717) is 13.0 Å². The molecule has 2 rings (SSSR count). The zero-order chi connectivity index (χ0) is 20.7. The van der Waals surface area contributed by atoms with Crippen molar-refractivity contribution in [2.45, 2.75) is 19.5 Å². The number of anilines is 2. The number of hydrogen-bond donors (Lipinski definition) is 3. The van der Waals surface area contributed by atoms with Gasteiger partial charge in [0.15, 0.2) is 0 Å². The first-order valence-electron chi connectivity index (χ1n) is 8.49. The normalized spacial score (nSPS) is 11.0. The van der Waals surface area contributed by atoms with E-state index in [1.165, 1.54) is 18.2 Å². The number of amides is 2. The standard InChI is InChI=1S/C19H19F4N3O2/c1-2-9-24-17(27)11-25-16-8-7-14(10-15(16)19(21,22)23)26-18(28)12-3-5-13(20)6-4-12/h3-8,10,25H,2,9,11H2,1H3,(H,24,27)(H,26,28). The molecule has 0 aromatic heterocycles. The van der Waals surface area contributed by atoms with Gasteiger partial charge in [-0.1, -0.05) is 6.92 Å². The highest BCUT2D eigenvalue weighted by molar-refractivity contribution is 6.04. The third kappa shape index (κ3) is 5.97. The molecule has 0 saturated carbocycles. The van der Waals surface area contributed by atoms with Gasteiger partial charge >= 0.3 is 6.18 Å². The molecule has 0 unspecified atom stereocenters. The van der Waals surface area contributed by atoms with E-state index in [1.54, 1.807) is 0 Å². The number of alkyl halides is 3. The van der Waals surface area contributed by atoms with Crippen LogP contribution in [0.3, 0.4) is 0 Å². The molecular formula is C19H19F4N3O2. The number of halogens is 4. The van der Waals surface area contributed by atoms with Crippen LogP contribution in [0.15, 0.2) is 42.5 Å². The first kappa shape index (κ1) is 21.2. The molecule has 2 amide bonds. The summed E-state index contributed by atoms with van der Waals surface area (Å²) in [6, 6.07) is 7.78. The summed E-state index contributed by atoms with van der Waals surface area (Å²) >= 11 is 0. The molecule has 0 spiro atoms. The van der Waals surface area contributed by atoms with Gasteiger partial charge in [0, 0.05) is 23.5 Å². The van der Waals surface area contributed by atoms with Gasteiger partial charge in [0.25, 0.3) is 5.91 Å². The van der Waals surface area contributed by atoms with Crippen LogP contribution in [0.25, 0.3) is 0 Å². The molecule has 0 saturated heterocycles. The number of rotatable bonds is 7. The summed E-state index contributed by atoms with van der Waals surface area (Å²) in [4.78, 5) is 23.7. The molecule has 2 aromatic carbocycles. The van der Waals surface area contributed by atoms with Crippen LogP contribution < -0.4 is 16.0 Å². The summed E-state index contributed by atoms with van der Waals surface area (Å²) in [7, 11) is 0. The van der Waals surface area contributed by atoms with Gasteiger partial charge in [-0.25, -0.2) is 4.39 Å². The highest BCUT2D eigenvalue weighted by Crippen LogP contribution is 2.36. The second-order valence-electron chi connectivity index (χ2n) is 5.92. The molecule has 5 nitrogen and oxygen atoms in total. The highest BCUT2D eigenvalue weighted by atomic mass is 19.4. The predicted molar refractivity (Wildman–Crippen MR) is 97.6 cm³/mol. The minimum atomic E-state index is -4.70. The van der Waals surface area contributed by atoms with Crippen molar-refractivity contribution in [2.24, 2.45) is 0 Å². The minimum Gasteiger partial charge on any atom is -0.376 e. The van der Waals surface area contributed by atoms with E-state index in [2.05, 4.69) is 16.0 Å². The van der Waals surface area contributed by atoms with E-state index in [-0.39, 0.29) is 23.5 Å². The van der Waals surface area contributed by atoms with Crippen LogP contribution in [-0.2, 0) is 11.0 Å². The average molecular weight is 397 g/mol. The molecular weight excluding hydrogens is 378 g/mol. The zero-order valence-electron chi connectivity index (χ0n) is 15.0. The number of hydrogen-bond acceptors (Lipinski definition) is 3. The van der Waals surface area contributed by atoms with Crippen LogP contribution in [0.2, 0.25) is 0 Å². The molecule has 0 aliphatic carbocycles. The first-order chi connectivity index (χ1) is 13.2. The van der Waals surface area contributed by atoms with Crippen LogP contribution in [0.5, 0.6) is 0 Å². The molecule has 28 heavy (non-hydrogen) atoms. The average Bonchev–Trinajstić information content (AvgIpc) is 2.65. The lowest BCUT2D eigenvalue weighted by molar-refractivity contribution is -0.137. The van der Waals surface area contributed by atoms with Gasteiger partial charge in [0.2, 0.25) is 5.91 Å². The zero-order valence-corrected chi connectivity index (χ0v) is 15.0. The van der Waals surface area contributed by atoms with Crippen LogP contribution in [0.4, 0.5) is 28.9 Å². The molecule has 3 N–H and O–H groups in total. The molecule has 0 aliphatic rings. The van der Waals surface area contributed by atoms with Crippen molar-refractivity contribution >= 4 is 23.2 Å². The van der Waals surface area contributed by atoms with Crippen molar-refractivity contribution in [3.8, 4) is 0 Å². The Labute approximate surface area is 159 Å². The van der Waals surface area contributed by atoms with E-state index < -0.39 is 29.4 Å². The Bertz CT molecular complexity index is 836. The Morgan fingerprint density at radius 3 is 2.32 bits per heavy atom. The molecule has 0 radical (unpaired) electrons. The summed E-state index contributed by atoms with van der Waals surface area (Å²) in [6.07, 6.45) is -3.99. The fraction of sp³-hybridized carbons (Fsp3) is 0.263. The Morgan fingerprint density at radius 1 is 1.04 bits per heavy atom. The summed E-state index contributed by atoms with van der Waals surface area (Å²) in [6.45, 7) is 1.97. The van der Waals surface area contributed by atoms with Gasteiger partial charge in [0.05, 0.1) is 12.1 Å². The topological polar surface area (TPSA) is 70.2 Å². The monoisotopic (exact) mass is 397 g/mol. The fourth-order valence-electron chi connectivity index (χ4n) is 2.32. The van der Waals surface area contributed by atoms with Crippen molar-refractivity contribution in [3.63, 3.8) is 0 Å². The SMILES string of the molecule is CCCNC(=O)CNc1ccc(NC(=O)c2ccc(F)cc2)cc1C(F)(F)F. The lowest BCUT2D eigenvalue weighted by Gasteiger charge is -2.16. The third-order valence-electron chi connectivity index (χ3n) is 3.70. The van der Waals surface area contributed by atoms with Crippen molar-refractivity contribution < 1.29 is 27.2 Å². The molecule has 0 atom stereocenters. The van der Waals surface area contributed by atoms with Gasteiger partial charge in [0.1, 0.15) is 5.82 Å². The molecule has 0 heterocycles. The maximum atomic E-state index is 13.4. The summed E-state index contributed by atoms with van der Waals surface area (Å²) in [5, 5.41) is 7.36. The van der Waals surface area contributed by atoms with Gasteiger partial charge < -0.3 is 16.0 Å². The fourth-order valence-corrected chi connectivity index (χ4v) is 2.32. The minimum absolute atomic E-state index is 0.0809. The number of carbonyl (C=O) groups excluding carboxylic acids is 2. The second-order valence-corrected chi connectivity index (χ2v) is 5.92. The number of benzene rings is 2. The largest absolute Gasteiger partial charge is 0.418 e. The second kappa shape index (κ2) is 9.20. The van der Waals surface area contributed by atoms with E-state index in [1.807, 2.05) is 6.92 Å². The molecule has 2 aromatic rings. The van der Waals surface area contributed by atoms with Crippen molar-refractivity contribution in [1.29, 1.82) is 0 Å². The van der Waals surface area contributed by atoms with Gasteiger partial charge in [-0.3, -0.25) is 9.59 Å². The Hall–Kier alpha value is -3.10. The van der Waals surface area contributed by atoms with E-state index >= 15 is 0 Å². The Morgan fingerprint density at radius 2 is 1.71 bits per heavy atom. The van der Waals surface area contributed by atoms with Crippen molar-refractivity contribution in [1.82, 2.24) is 5.32 Å². The Kier molecular flexibility index (Phi) is 6.97. The maximum Gasteiger partial charge on any atom is 0.418 e. The predicted octanol–water partition coefficient (Wildman–Crippen LogP) is 4.03. The van der Waals surface area contributed by atoms with Gasteiger partial charge in [-0.2, -0.15) is 13.2 Å². The summed E-state index contributed by atoms with van der Waals surface area (Å²) in [5.41, 5.74) is -1.28.